The van der Waals surface area contributed by atoms with E-state index >= 15 is 0 Å². The smallest absolute Gasteiger partial charge is 0.0636 e. The topological polar surface area (TPSA) is 20.2 Å². The largest absolute Gasteiger partial charge is 0.392 e. The SMILES string of the molecule is CC(O)C(C)[S]. The van der Waals surface area contributed by atoms with Crippen molar-refractivity contribution in [2.45, 2.75) is 25.2 Å². The Morgan fingerprint density at radius 3 is 1.67 bits per heavy atom. The molecule has 0 aliphatic carbocycles. The van der Waals surface area contributed by atoms with Crippen molar-refractivity contribution in [3.63, 3.8) is 0 Å². The lowest BCUT2D eigenvalue weighted by molar-refractivity contribution is 0.197. The van der Waals surface area contributed by atoms with Gasteiger partial charge in [0.15, 0.2) is 0 Å². The molecule has 0 aliphatic rings. The molecule has 0 aromatic carbocycles. The van der Waals surface area contributed by atoms with E-state index in [-0.39, 0.29) is 11.4 Å². The molecule has 0 amide bonds. The lowest BCUT2D eigenvalue weighted by Crippen LogP contribution is -2.11. The molecule has 0 aromatic rings. The first-order valence-electron chi connectivity index (χ1n) is 1.98. The third kappa shape index (κ3) is 2.54. The Bertz CT molecular complexity index is 28.5. The van der Waals surface area contributed by atoms with Crippen LogP contribution in [0, 0.1) is 0 Å². The zero-order valence-corrected chi connectivity index (χ0v) is 4.83. The standard InChI is InChI=1S/C4H9OS/c1-3(5)4(2)6/h3-5H,1-2H3. The fourth-order valence-electron chi connectivity index (χ4n) is 0. The first-order valence-corrected chi connectivity index (χ1v) is 2.45. The second-order valence-electron chi connectivity index (χ2n) is 1.45. The highest BCUT2D eigenvalue weighted by Crippen LogP contribution is 1.96. The molecule has 0 saturated heterocycles. The zero-order chi connectivity index (χ0) is 5.15. The van der Waals surface area contributed by atoms with Crippen molar-refractivity contribution >= 4 is 12.6 Å². The van der Waals surface area contributed by atoms with Crippen molar-refractivity contribution in [3.8, 4) is 0 Å². The van der Waals surface area contributed by atoms with Crippen LogP contribution in [0.3, 0.4) is 0 Å². The summed E-state index contributed by atoms with van der Waals surface area (Å²) in [6.45, 7) is 3.50. The molecule has 2 unspecified atom stereocenters. The van der Waals surface area contributed by atoms with E-state index in [9.17, 15) is 0 Å². The maximum Gasteiger partial charge on any atom is 0.0636 e. The van der Waals surface area contributed by atoms with E-state index in [4.69, 9.17) is 5.11 Å². The molecule has 0 fully saturated rings. The van der Waals surface area contributed by atoms with Crippen LogP contribution >= 0.6 is 12.6 Å². The predicted molar refractivity (Wildman–Crippen MR) is 28.7 cm³/mol. The molecule has 0 aromatic heterocycles. The van der Waals surface area contributed by atoms with Crippen molar-refractivity contribution in [2.24, 2.45) is 0 Å². The fraction of sp³-hybridized carbons (Fsp3) is 1.00. The summed E-state index contributed by atoms with van der Waals surface area (Å²) in [7, 11) is 0. The second-order valence-corrected chi connectivity index (χ2v) is 2.19. The van der Waals surface area contributed by atoms with Crippen molar-refractivity contribution < 1.29 is 5.11 Å². The first-order chi connectivity index (χ1) is 2.64. The van der Waals surface area contributed by atoms with Crippen LogP contribution in [0.5, 0.6) is 0 Å². The second kappa shape index (κ2) is 2.48. The highest BCUT2D eigenvalue weighted by atomic mass is 32.1. The van der Waals surface area contributed by atoms with Crippen LogP contribution in [0.2, 0.25) is 0 Å². The highest BCUT2D eigenvalue weighted by Gasteiger charge is 1.99. The van der Waals surface area contributed by atoms with Gasteiger partial charge in [0.25, 0.3) is 0 Å². The molecule has 2 heteroatoms. The lowest BCUT2D eigenvalue weighted by Gasteiger charge is -2.02. The first kappa shape index (κ1) is 6.31. The van der Waals surface area contributed by atoms with Gasteiger partial charge in [0, 0.05) is 5.25 Å². The van der Waals surface area contributed by atoms with Crippen molar-refractivity contribution in [2.75, 3.05) is 0 Å². The summed E-state index contributed by atoms with van der Waals surface area (Å²) in [5.74, 6) is 0. The Hall–Kier alpha value is 0.310. The number of rotatable bonds is 1. The highest BCUT2D eigenvalue weighted by molar-refractivity contribution is 7.81. The molecule has 1 nitrogen and oxygen atoms in total. The van der Waals surface area contributed by atoms with Crippen LogP contribution in [0.1, 0.15) is 13.8 Å². The predicted octanol–water partition coefficient (Wildman–Crippen LogP) is 0.953. The fourth-order valence-corrected chi connectivity index (χ4v) is 0. The average Bonchev–Trinajstić information content (AvgIpc) is 1.36. The van der Waals surface area contributed by atoms with Gasteiger partial charge >= 0.3 is 0 Å². The van der Waals surface area contributed by atoms with E-state index in [1.54, 1.807) is 13.8 Å². The minimum Gasteiger partial charge on any atom is -0.392 e. The number of aliphatic hydroxyl groups is 1. The van der Waals surface area contributed by atoms with E-state index in [1.165, 1.54) is 0 Å². The van der Waals surface area contributed by atoms with Gasteiger partial charge < -0.3 is 5.11 Å². The summed E-state index contributed by atoms with van der Waals surface area (Å²) >= 11 is 4.65. The molecule has 0 rings (SSSR count). The van der Waals surface area contributed by atoms with Crippen LogP contribution in [-0.4, -0.2) is 16.5 Å². The Labute approximate surface area is 43.8 Å². The molecular weight excluding hydrogens is 96.1 g/mol. The monoisotopic (exact) mass is 105 g/mol. The zero-order valence-electron chi connectivity index (χ0n) is 4.01. The van der Waals surface area contributed by atoms with Crippen molar-refractivity contribution in [3.05, 3.63) is 0 Å². The molecule has 0 aliphatic heterocycles. The van der Waals surface area contributed by atoms with Gasteiger partial charge in [-0.1, -0.05) is 12.6 Å². The van der Waals surface area contributed by atoms with E-state index < -0.39 is 0 Å². The molecular formula is C4H9OS. The maximum absolute atomic E-state index is 8.53. The minimum absolute atomic E-state index is 0.00926. The number of hydrogen-bond acceptors (Lipinski definition) is 1. The summed E-state index contributed by atoms with van der Waals surface area (Å²) in [5.41, 5.74) is 0. The summed E-state index contributed by atoms with van der Waals surface area (Å²) in [4.78, 5) is 0. The van der Waals surface area contributed by atoms with E-state index in [2.05, 4.69) is 12.6 Å². The summed E-state index contributed by atoms with van der Waals surface area (Å²) in [5, 5.41) is 8.52. The van der Waals surface area contributed by atoms with E-state index in [1.807, 2.05) is 0 Å². The third-order valence-corrected chi connectivity index (χ3v) is 1.07. The summed E-state index contributed by atoms with van der Waals surface area (Å²) < 4.78 is 0. The van der Waals surface area contributed by atoms with Gasteiger partial charge in [-0.25, -0.2) is 0 Å². The van der Waals surface area contributed by atoms with Crippen LogP contribution in [0.4, 0.5) is 0 Å². The third-order valence-electron chi connectivity index (χ3n) is 0.679. The van der Waals surface area contributed by atoms with Crippen LogP contribution in [0.25, 0.3) is 0 Å². The summed E-state index contributed by atoms with van der Waals surface area (Å²) in [6, 6.07) is 0. The molecule has 0 spiro atoms. The minimum atomic E-state index is -0.333. The van der Waals surface area contributed by atoms with Gasteiger partial charge in [-0.05, 0) is 13.8 Å². The van der Waals surface area contributed by atoms with Crippen LogP contribution in [0.15, 0.2) is 0 Å². The van der Waals surface area contributed by atoms with Crippen LogP contribution in [-0.2, 0) is 0 Å². The maximum atomic E-state index is 8.53. The van der Waals surface area contributed by atoms with Gasteiger partial charge in [0.2, 0.25) is 0 Å². The Balaban J connectivity index is 2.99. The Morgan fingerprint density at radius 1 is 1.50 bits per heavy atom. The normalized spacial score (nSPS) is 20.0. The average molecular weight is 105 g/mol. The quantitative estimate of drug-likeness (QED) is 0.526. The molecule has 1 radical (unpaired) electrons. The van der Waals surface area contributed by atoms with Crippen LogP contribution < -0.4 is 0 Å². The molecule has 2 atom stereocenters. The molecule has 0 saturated carbocycles. The van der Waals surface area contributed by atoms with Crippen molar-refractivity contribution in [1.82, 2.24) is 0 Å². The Morgan fingerprint density at radius 2 is 1.67 bits per heavy atom. The van der Waals surface area contributed by atoms with Gasteiger partial charge in [0.1, 0.15) is 0 Å². The molecule has 0 bridgehead atoms. The number of aliphatic hydroxyl groups excluding tert-OH is 1. The Kier molecular flexibility index (Phi) is 2.61. The van der Waals surface area contributed by atoms with Gasteiger partial charge in [-0.2, -0.15) is 0 Å². The van der Waals surface area contributed by atoms with Gasteiger partial charge in [-0.3, -0.25) is 0 Å². The number of hydrogen-bond donors (Lipinski definition) is 1. The van der Waals surface area contributed by atoms with E-state index in [0.29, 0.717) is 0 Å². The summed E-state index contributed by atoms with van der Waals surface area (Å²) in [6.07, 6.45) is -0.333. The molecule has 1 N–H and O–H groups in total. The molecule has 37 valence electrons. The lowest BCUT2D eigenvalue weighted by atomic mass is 10.3. The van der Waals surface area contributed by atoms with Gasteiger partial charge in [-0.15, -0.1) is 0 Å². The van der Waals surface area contributed by atoms with Gasteiger partial charge in [0.05, 0.1) is 6.10 Å². The molecule has 6 heavy (non-hydrogen) atoms. The van der Waals surface area contributed by atoms with Crippen molar-refractivity contribution in [1.29, 1.82) is 0 Å². The molecule has 0 heterocycles. The van der Waals surface area contributed by atoms with E-state index in [0.717, 1.165) is 0 Å².